The van der Waals surface area contributed by atoms with Crippen molar-refractivity contribution in [1.29, 1.82) is 0 Å². The second kappa shape index (κ2) is 9.38. The van der Waals surface area contributed by atoms with Crippen molar-refractivity contribution in [2.45, 2.75) is 0 Å². The maximum Gasteiger partial charge on any atom is 0.337 e. The van der Waals surface area contributed by atoms with Crippen LogP contribution in [0.25, 0.3) is 0 Å². The van der Waals surface area contributed by atoms with Gasteiger partial charge in [0.25, 0.3) is 11.8 Å². The summed E-state index contributed by atoms with van der Waals surface area (Å²) in [6.07, 6.45) is 0. The molecule has 9 nitrogen and oxygen atoms in total. The number of anilines is 1. The number of likely N-dealkylation sites (N-methyl/N-ethyl adjacent to an activating group) is 1. The predicted octanol–water partition coefficient (Wildman–Crippen LogP) is 0.247. The molecule has 0 saturated carbocycles. The first-order chi connectivity index (χ1) is 12.9. The van der Waals surface area contributed by atoms with Gasteiger partial charge in [0, 0.05) is 24.1 Å². The predicted molar refractivity (Wildman–Crippen MR) is 100 cm³/mol. The summed E-state index contributed by atoms with van der Waals surface area (Å²) in [6.45, 7) is -0.239. The fourth-order valence-corrected chi connectivity index (χ4v) is 2.74. The highest BCUT2D eigenvalue weighted by Gasteiger charge is 2.34. The second-order valence-corrected chi connectivity index (χ2v) is 6.38. The normalized spacial score (nSPS) is 13.6. The van der Waals surface area contributed by atoms with Crippen LogP contribution < -0.4 is 15.4 Å². The summed E-state index contributed by atoms with van der Waals surface area (Å²) in [4.78, 5) is 37.3. The largest absolute Gasteiger partial charge is 0.484 e. The highest BCUT2D eigenvalue weighted by Crippen LogP contribution is 2.31. The van der Waals surface area contributed by atoms with Crippen molar-refractivity contribution in [2.75, 3.05) is 45.8 Å². The molecule has 27 heavy (non-hydrogen) atoms. The third-order valence-corrected chi connectivity index (χ3v) is 4.49. The number of aliphatic hydroxyl groups excluding tert-OH is 1. The van der Waals surface area contributed by atoms with Crippen LogP contribution in [-0.2, 0) is 19.1 Å². The standard InChI is InChI=1S/C17H20BrN3O6/c1-19-14(23)9-27-10-3-4-12(18)13(7-10)20-15-11(17(25)26-2)8-21(5-6-22)16(15)24/h3-4,7,20,22H,5-6,8-9H2,1-2H3,(H,19,23). The van der Waals surface area contributed by atoms with Gasteiger partial charge in [0.15, 0.2) is 6.61 Å². The lowest BCUT2D eigenvalue weighted by molar-refractivity contribution is -0.136. The highest BCUT2D eigenvalue weighted by atomic mass is 79.9. The Hall–Kier alpha value is -2.59. The minimum Gasteiger partial charge on any atom is -0.484 e. The number of methoxy groups -OCH3 is 1. The van der Waals surface area contributed by atoms with Crippen LogP contribution in [0, 0.1) is 0 Å². The van der Waals surface area contributed by atoms with E-state index in [-0.39, 0.29) is 43.5 Å². The van der Waals surface area contributed by atoms with Crippen LogP contribution in [0.15, 0.2) is 33.9 Å². The van der Waals surface area contributed by atoms with E-state index in [1.165, 1.54) is 19.1 Å². The number of β-amino-alcohol motifs (C(OH)–C–C–N with tert-alkyl or cyclic N) is 1. The number of carbonyl (C=O) groups excluding carboxylic acids is 3. The summed E-state index contributed by atoms with van der Waals surface area (Å²) in [6, 6.07) is 4.93. The van der Waals surface area contributed by atoms with Crippen LogP contribution in [0.4, 0.5) is 5.69 Å². The minimum absolute atomic E-state index is 0.0406. The van der Waals surface area contributed by atoms with Gasteiger partial charge in [-0.05, 0) is 28.1 Å². The fourth-order valence-electron chi connectivity index (χ4n) is 2.39. The maximum atomic E-state index is 12.6. The summed E-state index contributed by atoms with van der Waals surface area (Å²) < 4.78 is 10.8. The molecule has 0 fully saturated rings. The molecule has 1 aromatic rings. The Morgan fingerprint density at radius 1 is 1.37 bits per heavy atom. The first kappa shape index (κ1) is 20.7. The van der Waals surface area contributed by atoms with Crippen molar-refractivity contribution >= 4 is 39.4 Å². The quantitative estimate of drug-likeness (QED) is 0.494. The Labute approximate surface area is 164 Å². The molecule has 1 aliphatic heterocycles. The Bertz CT molecular complexity index is 780. The average molecular weight is 442 g/mol. The first-order valence-electron chi connectivity index (χ1n) is 8.02. The molecule has 0 aromatic heterocycles. The van der Waals surface area contributed by atoms with E-state index in [1.54, 1.807) is 18.2 Å². The number of rotatable bonds is 8. The molecule has 0 saturated heterocycles. The molecule has 1 aliphatic rings. The number of hydrogen-bond acceptors (Lipinski definition) is 7. The smallest absolute Gasteiger partial charge is 0.337 e. The zero-order chi connectivity index (χ0) is 20.0. The average Bonchev–Trinajstić information content (AvgIpc) is 2.97. The summed E-state index contributed by atoms with van der Waals surface area (Å²) in [5, 5.41) is 14.5. The molecule has 0 spiro atoms. The lowest BCUT2D eigenvalue weighted by atomic mass is 10.2. The number of ether oxygens (including phenoxy) is 2. The van der Waals surface area contributed by atoms with Crippen molar-refractivity contribution in [3.63, 3.8) is 0 Å². The van der Waals surface area contributed by atoms with Gasteiger partial charge in [0.05, 0.1) is 31.5 Å². The van der Waals surface area contributed by atoms with Gasteiger partial charge in [-0.1, -0.05) is 0 Å². The Morgan fingerprint density at radius 3 is 2.74 bits per heavy atom. The molecule has 10 heteroatoms. The van der Waals surface area contributed by atoms with E-state index in [9.17, 15) is 14.4 Å². The summed E-state index contributed by atoms with van der Waals surface area (Å²) >= 11 is 3.37. The molecule has 2 amide bonds. The number of hydrogen-bond donors (Lipinski definition) is 3. The number of nitrogens with one attached hydrogen (secondary N) is 2. The summed E-state index contributed by atoms with van der Waals surface area (Å²) in [5.41, 5.74) is 0.707. The van der Waals surface area contributed by atoms with Crippen molar-refractivity contribution in [1.82, 2.24) is 10.2 Å². The van der Waals surface area contributed by atoms with Gasteiger partial charge in [-0.3, -0.25) is 9.59 Å². The van der Waals surface area contributed by atoms with Crippen molar-refractivity contribution < 1.29 is 29.0 Å². The molecular weight excluding hydrogens is 422 g/mol. The number of halogens is 1. The molecule has 0 unspecified atom stereocenters. The van der Waals surface area contributed by atoms with Gasteiger partial charge < -0.3 is 30.1 Å². The minimum atomic E-state index is -0.630. The molecule has 0 aliphatic carbocycles. The monoisotopic (exact) mass is 441 g/mol. The third kappa shape index (κ3) is 4.98. The molecule has 1 heterocycles. The van der Waals surface area contributed by atoms with E-state index in [0.717, 1.165) is 0 Å². The van der Waals surface area contributed by atoms with Gasteiger partial charge >= 0.3 is 5.97 Å². The van der Waals surface area contributed by atoms with Crippen LogP contribution in [0.2, 0.25) is 0 Å². The van der Waals surface area contributed by atoms with Crippen LogP contribution in [0.5, 0.6) is 5.75 Å². The topological polar surface area (TPSA) is 117 Å². The van der Waals surface area contributed by atoms with Crippen LogP contribution in [0.3, 0.4) is 0 Å². The Morgan fingerprint density at radius 2 is 2.11 bits per heavy atom. The lowest BCUT2D eigenvalue weighted by Crippen LogP contribution is -2.31. The number of nitrogens with zero attached hydrogens (tertiary/aromatic N) is 1. The molecule has 146 valence electrons. The van der Waals surface area contributed by atoms with E-state index in [2.05, 4.69) is 26.6 Å². The van der Waals surface area contributed by atoms with Crippen molar-refractivity contribution in [2.24, 2.45) is 0 Å². The lowest BCUT2D eigenvalue weighted by Gasteiger charge is -2.15. The Balaban J connectivity index is 2.27. The molecule has 0 atom stereocenters. The molecular formula is C17H20BrN3O6. The number of esters is 1. The van der Waals surface area contributed by atoms with Crippen LogP contribution in [-0.4, -0.2) is 68.3 Å². The van der Waals surface area contributed by atoms with Gasteiger partial charge in [-0.25, -0.2) is 4.79 Å². The number of carbonyl (C=O) groups is 3. The van der Waals surface area contributed by atoms with E-state index in [4.69, 9.17) is 14.6 Å². The van der Waals surface area contributed by atoms with Crippen LogP contribution >= 0.6 is 15.9 Å². The second-order valence-electron chi connectivity index (χ2n) is 5.52. The van der Waals surface area contributed by atoms with Gasteiger partial charge in [-0.15, -0.1) is 0 Å². The highest BCUT2D eigenvalue weighted by molar-refractivity contribution is 9.10. The zero-order valence-electron chi connectivity index (χ0n) is 14.9. The maximum absolute atomic E-state index is 12.6. The summed E-state index contributed by atoms with van der Waals surface area (Å²) in [7, 11) is 2.74. The van der Waals surface area contributed by atoms with Gasteiger partial charge in [0.1, 0.15) is 11.4 Å². The number of amides is 2. The molecule has 0 radical (unpaired) electrons. The first-order valence-corrected chi connectivity index (χ1v) is 8.82. The van der Waals surface area contributed by atoms with Gasteiger partial charge in [-0.2, -0.15) is 0 Å². The van der Waals surface area contributed by atoms with Crippen molar-refractivity contribution in [3.05, 3.63) is 33.9 Å². The van der Waals surface area contributed by atoms with E-state index >= 15 is 0 Å². The third-order valence-electron chi connectivity index (χ3n) is 3.80. The SMILES string of the molecule is CNC(=O)COc1ccc(Br)c(NC2=C(C(=O)OC)CN(CCO)C2=O)c1. The molecule has 3 N–H and O–H groups in total. The van der Waals surface area contributed by atoms with Crippen molar-refractivity contribution in [3.8, 4) is 5.75 Å². The zero-order valence-corrected chi connectivity index (χ0v) is 16.5. The summed E-state index contributed by atoms with van der Waals surface area (Å²) in [5.74, 6) is -0.932. The van der Waals surface area contributed by atoms with E-state index < -0.39 is 11.9 Å². The Kier molecular flexibility index (Phi) is 7.19. The molecule has 1 aromatic carbocycles. The number of benzene rings is 1. The number of aliphatic hydroxyl groups is 1. The molecule has 2 rings (SSSR count). The fraction of sp³-hybridized carbons (Fsp3) is 0.353. The molecule has 0 bridgehead atoms. The van der Waals surface area contributed by atoms with Crippen LogP contribution in [0.1, 0.15) is 0 Å². The van der Waals surface area contributed by atoms with E-state index in [1.807, 2.05) is 0 Å². The van der Waals surface area contributed by atoms with E-state index in [0.29, 0.717) is 15.9 Å². The van der Waals surface area contributed by atoms with Gasteiger partial charge in [0.2, 0.25) is 0 Å².